The zero-order chi connectivity index (χ0) is 21.9. The lowest BCUT2D eigenvalue weighted by Crippen LogP contribution is -2.02. The third-order valence-electron chi connectivity index (χ3n) is 5.14. The highest BCUT2D eigenvalue weighted by Crippen LogP contribution is 2.35. The van der Waals surface area contributed by atoms with Crippen LogP contribution < -0.4 is 0 Å². The van der Waals surface area contributed by atoms with E-state index in [2.05, 4.69) is 40.5 Å². The first-order valence-electron chi connectivity index (χ1n) is 10.3. The van der Waals surface area contributed by atoms with Crippen LogP contribution in [0.1, 0.15) is 6.92 Å². The molecule has 0 spiro atoms. The van der Waals surface area contributed by atoms with Crippen molar-refractivity contribution in [1.82, 2.24) is 19.7 Å². The average Bonchev–Trinajstić information content (AvgIpc) is 3.27. The maximum absolute atomic E-state index is 9.35. The monoisotopic (exact) mass is 433 g/mol. The highest BCUT2D eigenvalue weighted by atomic mass is 32.2. The Labute approximate surface area is 190 Å². The Kier molecular flexibility index (Phi) is 5.40. The molecule has 0 aliphatic rings. The van der Waals surface area contributed by atoms with Crippen LogP contribution in [0.15, 0.2) is 96.2 Å². The van der Waals surface area contributed by atoms with Gasteiger partial charge in [-0.3, -0.25) is 4.57 Å². The van der Waals surface area contributed by atoms with E-state index in [0.29, 0.717) is 5.16 Å². The Hall–Kier alpha value is -3.95. The summed E-state index contributed by atoms with van der Waals surface area (Å²) < 4.78 is 2.02. The predicted octanol–water partition coefficient (Wildman–Crippen LogP) is 6.15. The van der Waals surface area contributed by atoms with Crippen LogP contribution in [0.4, 0.5) is 0 Å². The van der Waals surface area contributed by atoms with Gasteiger partial charge in [-0.2, -0.15) is 5.26 Å². The minimum Gasteiger partial charge on any atom is -0.270 e. The van der Waals surface area contributed by atoms with Crippen LogP contribution in [-0.2, 0) is 0 Å². The third-order valence-corrected chi connectivity index (χ3v) is 6.07. The van der Waals surface area contributed by atoms with Gasteiger partial charge in [-0.05, 0) is 31.2 Å². The van der Waals surface area contributed by atoms with E-state index in [1.54, 1.807) is 0 Å². The zero-order valence-corrected chi connectivity index (χ0v) is 18.2. The van der Waals surface area contributed by atoms with Gasteiger partial charge in [0.25, 0.3) is 0 Å². The number of thioether (sulfide) groups is 1. The largest absolute Gasteiger partial charge is 0.270 e. The first kappa shape index (κ1) is 20.0. The third kappa shape index (κ3) is 3.75. The van der Waals surface area contributed by atoms with Crippen LogP contribution in [0, 0.1) is 11.3 Å². The minimum atomic E-state index is -0.247. The Morgan fingerprint density at radius 3 is 2.31 bits per heavy atom. The summed E-state index contributed by atoms with van der Waals surface area (Å²) in [4.78, 5) is 4.90. The van der Waals surface area contributed by atoms with E-state index in [9.17, 15) is 5.26 Å². The van der Waals surface area contributed by atoms with Gasteiger partial charge in [0.05, 0.1) is 22.5 Å². The Bertz CT molecular complexity index is 1420. The van der Waals surface area contributed by atoms with Gasteiger partial charge < -0.3 is 0 Å². The fraction of sp³-hybridized carbons (Fsp3) is 0.0769. The number of hydrogen-bond donors (Lipinski definition) is 0. The number of nitrogens with zero attached hydrogens (tertiary/aromatic N) is 5. The summed E-state index contributed by atoms with van der Waals surface area (Å²) in [6, 6.07) is 32.5. The maximum atomic E-state index is 9.35. The number of nitriles is 1. The first-order chi connectivity index (χ1) is 15.7. The first-order valence-corrected chi connectivity index (χ1v) is 11.2. The van der Waals surface area contributed by atoms with E-state index in [1.807, 2.05) is 78.2 Å². The summed E-state index contributed by atoms with van der Waals surface area (Å²) in [5.41, 5.74) is 4.70. The zero-order valence-electron chi connectivity index (χ0n) is 17.4. The van der Waals surface area contributed by atoms with Crippen molar-refractivity contribution < 1.29 is 0 Å². The summed E-state index contributed by atoms with van der Waals surface area (Å²) in [5.74, 6) is 0.722. The van der Waals surface area contributed by atoms with Crippen molar-refractivity contribution in [2.24, 2.45) is 0 Å². The van der Waals surface area contributed by atoms with E-state index in [-0.39, 0.29) is 5.25 Å². The van der Waals surface area contributed by atoms with Crippen LogP contribution >= 0.6 is 11.8 Å². The van der Waals surface area contributed by atoms with E-state index < -0.39 is 0 Å². The molecule has 0 saturated heterocycles. The van der Waals surface area contributed by atoms with Crippen molar-refractivity contribution in [3.8, 4) is 34.4 Å². The molecule has 154 valence electrons. The van der Waals surface area contributed by atoms with Gasteiger partial charge in [0.2, 0.25) is 0 Å². The molecular weight excluding hydrogens is 414 g/mol. The number of hydrogen-bond acceptors (Lipinski definition) is 5. The van der Waals surface area contributed by atoms with E-state index in [0.717, 1.165) is 39.2 Å². The van der Waals surface area contributed by atoms with Gasteiger partial charge in [0.1, 0.15) is 0 Å². The SMILES string of the molecule is CC(C#N)Sc1nnc(-c2cc(-c3ccccc3)nc3ccccc23)n1-c1ccccc1. The lowest BCUT2D eigenvalue weighted by Gasteiger charge is -2.13. The predicted molar refractivity (Wildman–Crippen MR) is 128 cm³/mol. The molecule has 2 aromatic heterocycles. The molecule has 0 bridgehead atoms. The van der Waals surface area contributed by atoms with Crippen molar-refractivity contribution in [1.29, 1.82) is 5.26 Å². The summed E-state index contributed by atoms with van der Waals surface area (Å²) in [7, 11) is 0. The van der Waals surface area contributed by atoms with Crippen molar-refractivity contribution in [3.05, 3.63) is 91.0 Å². The molecule has 2 heterocycles. The second-order valence-corrected chi connectivity index (χ2v) is 8.61. The van der Waals surface area contributed by atoms with Crippen LogP contribution in [0.2, 0.25) is 0 Å². The van der Waals surface area contributed by atoms with Crippen molar-refractivity contribution in [2.45, 2.75) is 17.3 Å². The van der Waals surface area contributed by atoms with Crippen LogP contribution in [0.3, 0.4) is 0 Å². The molecule has 5 rings (SSSR count). The number of rotatable bonds is 5. The molecule has 0 N–H and O–H groups in total. The molecule has 0 amide bonds. The molecule has 1 atom stereocenters. The van der Waals surface area contributed by atoms with Gasteiger partial charge in [0.15, 0.2) is 11.0 Å². The highest BCUT2D eigenvalue weighted by Gasteiger charge is 2.21. The van der Waals surface area contributed by atoms with Gasteiger partial charge in [0, 0.05) is 22.2 Å². The molecular formula is C26H19N5S. The summed E-state index contributed by atoms with van der Waals surface area (Å²) >= 11 is 1.40. The second-order valence-electron chi connectivity index (χ2n) is 7.30. The molecule has 5 nitrogen and oxygen atoms in total. The number of aromatic nitrogens is 4. The Balaban J connectivity index is 1.78. The van der Waals surface area contributed by atoms with Gasteiger partial charge >= 0.3 is 0 Å². The summed E-state index contributed by atoms with van der Waals surface area (Å²) in [6.07, 6.45) is 0. The van der Waals surface area contributed by atoms with Crippen LogP contribution in [-0.4, -0.2) is 25.0 Å². The Morgan fingerprint density at radius 1 is 0.875 bits per heavy atom. The Morgan fingerprint density at radius 2 is 1.56 bits per heavy atom. The molecule has 0 fully saturated rings. The van der Waals surface area contributed by atoms with Gasteiger partial charge in [-0.1, -0.05) is 78.5 Å². The number of benzene rings is 3. The molecule has 32 heavy (non-hydrogen) atoms. The number of pyridine rings is 1. The second kappa shape index (κ2) is 8.66. The lowest BCUT2D eigenvalue weighted by molar-refractivity contribution is 0.884. The molecule has 0 aliphatic carbocycles. The summed E-state index contributed by atoms with van der Waals surface area (Å²) in [6.45, 7) is 1.86. The van der Waals surface area contributed by atoms with Crippen LogP contribution in [0.25, 0.3) is 39.2 Å². The van der Waals surface area contributed by atoms with E-state index >= 15 is 0 Å². The molecule has 0 aliphatic heterocycles. The molecule has 6 heteroatoms. The molecule has 1 unspecified atom stereocenters. The topological polar surface area (TPSA) is 67.4 Å². The van der Waals surface area contributed by atoms with E-state index in [1.165, 1.54) is 11.8 Å². The smallest absolute Gasteiger partial charge is 0.197 e. The number of fused-ring (bicyclic) bond motifs is 1. The lowest BCUT2D eigenvalue weighted by atomic mass is 10.0. The highest BCUT2D eigenvalue weighted by molar-refractivity contribution is 8.00. The number of para-hydroxylation sites is 2. The summed E-state index contributed by atoms with van der Waals surface area (Å²) in [5, 5.41) is 19.8. The maximum Gasteiger partial charge on any atom is 0.197 e. The van der Waals surface area contributed by atoms with Crippen LogP contribution in [0.5, 0.6) is 0 Å². The quantitative estimate of drug-likeness (QED) is 0.311. The van der Waals surface area contributed by atoms with Crippen molar-refractivity contribution >= 4 is 22.7 Å². The van der Waals surface area contributed by atoms with Crippen molar-refractivity contribution in [2.75, 3.05) is 0 Å². The standard InChI is InChI=1S/C26H19N5S/c1-18(17-27)32-26-30-29-25(31(26)20-12-6-3-7-13-20)22-16-24(19-10-4-2-5-11-19)28-23-15-9-8-14-21(22)23/h2-16,18H,1H3. The molecule has 3 aromatic carbocycles. The molecule has 5 aromatic rings. The molecule has 0 radical (unpaired) electrons. The van der Waals surface area contributed by atoms with Crippen molar-refractivity contribution in [3.63, 3.8) is 0 Å². The normalized spacial score (nSPS) is 11.9. The van der Waals surface area contributed by atoms with Gasteiger partial charge in [-0.15, -0.1) is 10.2 Å². The minimum absolute atomic E-state index is 0.247. The fourth-order valence-electron chi connectivity index (χ4n) is 3.63. The average molecular weight is 434 g/mol. The van der Waals surface area contributed by atoms with E-state index in [4.69, 9.17) is 4.98 Å². The fourth-order valence-corrected chi connectivity index (χ4v) is 4.39. The van der Waals surface area contributed by atoms with Gasteiger partial charge in [-0.25, -0.2) is 4.98 Å². The molecule has 0 saturated carbocycles.